The van der Waals surface area contributed by atoms with Gasteiger partial charge in [-0.3, -0.25) is 9.59 Å². The van der Waals surface area contributed by atoms with Gasteiger partial charge < -0.3 is 9.47 Å². The van der Waals surface area contributed by atoms with Crippen molar-refractivity contribution in [2.75, 3.05) is 0 Å². The topological polar surface area (TPSA) is 86.7 Å². The molecule has 0 atom stereocenters. The zero-order valence-corrected chi connectivity index (χ0v) is 12.4. The molecule has 20 heavy (non-hydrogen) atoms. The van der Waals surface area contributed by atoms with Gasteiger partial charge in [-0.25, -0.2) is 9.59 Å². The molecule has 0 spiro atoms. The molecule has 0 aliphatic heterocycles. The molecule has 0 radical (unpaired) electrons. The van der Waals surface area contributed by atoms with E-state index in [-0.39, 0.29) is 12.8 Å². The summed E-state index contributed by atoms with van der Waals surface area (Å²) in [6, 6.07) is 0. The van der Waals surface area contributed by atoms with Gasteiger partial charge in [0.2, 0.25) is 0 Å². The highest BCUT2D eigenvalue weighted by atomic mass is 16.6. The van der Waals surface area contributed by atoms with Crippen molar-refractivity contribution in [1.29, 1.82) is 0 Å². The molecule has 0 aliphatic rings. The van der Waals surface area contributed by atoms with Crippen molar-refractivity contribution in [3.05, 3.63) is 25.3 Å². The fraction of sp³-hybridized carbons (Fsp3) is 0.429. The average Bonchev–Trinajstić information content (AvgIpc) is 2.48. The van der Waals surface area contributed by atoms with Crippen LogP contribution >= 0.6 is 0 Å². The summed E-state index contributed by atoms with van der Waals surface area (Å²) in [5, 5.41) is 0. The SMILES string of the molecule is C=CC(=O)OC(=O)CCC(=O)OC(=O)C=C.CC.CC. The third-order valence-corrected chi connectivity index (χ3v) is 1.30. The molecule has 0 fully saturated rings. The zero-order chi connectivity index (χ0) is 16.6. The monoisotopic (exact) mass is 286 g/mol. The van der Waals surface area contributed by atoms with Gasteiger partial charge in [0.1, 0.15) is 0 Å². The Hall–Kier alpha value is -2.24. The van der Waals surface area contributed by atoms with E-state index in [1.165, 1.54) is 0 Å². The number of hydrogen-bond acceptors (Lipinski definition) is 6. The van der Waals surface area contributed by atoms with Crippen molar-refractivity contribution >= 4 is 23.9 Å². The first-order valence-corrected chi connectivity index (χ1v) is 6.23. The lowest BCUT2D eigenvalue weighted by atomic mass is 10.3. The molecule has 0 bridgehead atoms. The van der Waals surface area contributed by atoms with Crippen molar-refractivity contribution in [1.82, 2.24) is 0 Å². The van der Waals surface area contributed by atoms with Gasteiger partial charge in [-0.05, 0) is 0 Å². The molecule has 0 unspecified atom stereocenters. The van der Waals surface area contributed by atoms with E-state index in [1.54, 1.807) is 0 Å². The minimum atomic E-state index is -0.902. The molecule has 0 N–H and O–H groups in total. The summed E-state index contributed by atoms with van der Waals surface area (Å²) in [6.45, 7) is 14.2. The number of carbonyl (C=O) groups excluding carboxylic acids is 4. The van der Waals surface area contributed by atoms with E-state index < -0.39 is 23.9 Å². The lowest BCUT2D eigenvalue weighted by molar-refractivity contribution is -0.161. The van der Waals surface area contributed by atoms with Crippen LogP contribution in [0.5, 0.6) is 0 Å². The predicted molar refractivity (Wildman–Crippen MR) is 74.5 cm³/mol. The van der Waals surface area contributed by atoms with Crippen LogP contribution < -0.4 is 0 Å². The second kappa shape index (κ2) is 16.8. The summed E-state index contributed by atoms with van der Waals surface area (Å²) in [5.74, 6) is -3.60. The Bertz CT molecular complexity index is 310. The fourth-order valence-corrected chi connectivity index (χ4v) is 0.614. The van der Waals surface area contributed by atoms with Crippen LogP contribution in [0.2, 0.25) is 0 Å². The van der Waals surface area contributed by atoms with E-state index in [2.05, 4.69) is 22.6 Å². The van der Waals surface area contributed by atoms with Gasteiger partial charge in [0.25, 0.3) is 0 Å². The van der Waals surface area contributed by atoms with Gasteiger partial charge >= 0.3 is 23.9 Å². The quantitative estimate of drug-likeness (QED) is 0.438. The second-order valence-corrected chi connectivity index (χ2v) is 2.49. The molecule has 0 aromatic rings. The minimum Gasteiger partial charge on any atom is -0.390 e. The fourth-order valence-electron chi connectivity index (χ4n) is 0.614. The summed E-state index contributed by atoms with van der Waals surface area (Å²) < 4.78 is 8.34. The highest BCUT2D eigenvalue weighted by Gasteiger charge is 2.13. The van der Waals surface area contributed by atoms with Crippen molar-refractivity contribution in [3.63, 3.8) is 0 Å². The predicted octanol–water partition coefficient (Wildman–Crippen LogP) is 2.33. The first-order chi connectivity index (χ1) is 9.49. The summed E-state index contributed by atoms with van der Waals surface area (Å²) in [6.07, 6.45) is 0.917. The van der Waals surface area contributed by atoms with Crippen LogP contribution in [-0.2, 0) is 28.7 Å². The van der Waals surface area contributed by atoms with Crippen LogP contribution in [0, 0.1) is 0 Å². The van der Waals surface area contributed by atoms with Gasteiger partial charge in [0.15, 0.2) is 0 Å². The Morgan fingerprint density at radius 3 is 1.20 bits per heavy atom. The molecule has 0 saturated heterocycles. The van der Waals surface area contributed by atoms with Crippen LogP contribution in [0.25, 0.3) is 0 Å². The van der Waals surface area contributed by atoms with Gasteiger partial charge in [-0.1, -0.05) is 40.9 Å². The Morgan fingerprint density at radius 1 is 0.750 bits per heavy atom. The summed E-state index contributed by atoms with van der Waals surface area (Å²) in [5.41, 5.74) is 0. The van der Waals surface area contributed by atoms with E-state index in [4.69, 9.17) is 0 Å². The van der Waals surface area contributed by atoms with Crippen molar-refractivity contribution in [2.45, 2.75) is 40.5 Å². The molecule has 0 aromatic carbocycles. The van der Waals surface area contributed by atoms with E-state index in [0.717, 1.165) is 12.2 Å². The molecule has 6 heteroatoms. The summed E-state index contributed by atoms with van der Waals surface area (Å²) in [7, 11) is 0. The zero-order valence-electron chi connectivity index (χ0n) is 12.4. The standard InChI is InChI=1S/C10H10O6.2C2H6/c1-3-7(11)15-9(13)5-6-10(14)16-8(12)4-2;2*1-2/h3-4H,1-2,5-6H2;2*1-2H3. The molecule has 114 valence electrons. The number of rotatable bonds is 5. The molecule has 6 nitrogen and oxygen atoms in total. The Balaban J connectivity index is -0.000000656. The Labute approximate surface area is 119 Å². The first-order valence-electron chi connectivity index (χ1n) is 6.23. The maximum atomic E-state index is 10.9. The molecular weight excluding hydrogens is 264 g/mol. The van der Waals surface area contributed by atoms with Gasteiger partial charge in [-0.15, -0.1) is 0 Å². The van der Waals surface area contributed by atoms with E-state index in [0.29, 0.717) is 0 Å². The third-order valence-electron chi connectivity index (χ3n) is 1.30. The second-order valence-electron chi connectivity index (χ2n) is 2.49. The van der Waals surface area contributed by atoms with Crippen molar-refractivity contribution in [2.24, 2.45) is 0 Å². The maximum absolute atomic E-state index is 10.9. The normalized spacial score (nSPS) is 7.60. The molecule has 0 heterocycles. The van der Waals surface area contributed by atoms with Gasteiger partial charge in [0, 0.05) is 12.2 Å². The van der Waals surface area contributed by atoms with Gasteiger partial charge in [0.05, 0.1) is 12.8 Å². The molecule has 0 aliphatic carbocycles. The van der Waals surface area contributed by atoms with E-state index in [9.17, 15) is 19.2 Å². The van der Waals surface area contributed by atoms with Crippen molar-refractivity contribution < 1.29 is 28.7 Å². The van der Waals surface area contributed by atoms with Crippen molar-refractivity contribution in [3.8, 4) is 0 Å². The molecular formula is C14H22O6. The van der Waals surface area contributed by atoms with E-state index >= 15 is 0 Å². The smallest absolute Gasteiger partial charge is 0.337 e. The van der Waals surface area contributed by atoms with Crippen LogP contribution in [-0.4, -0.2) is 23.9 Å². The van der Waals surface area contributed by atoms with Crippen LogP contribution in [0.3, 0.4) is 0 Å². The number of carbonyl (C=O) groups is 4. The summed E-state index contributed by atoms with van der Waals surface area (Å²) >= 11 is 0. The maximum Gasteiger partial charge on any atom is 0.337 e. The number of ether oxygens (including phenoxy) is 2. The average molecular weight is 286 g/mol. The van der Waals surface area contributed by atoms with Crippen LogP contribution in [0.1, 0.15) is 40.5 Å². The Kier molecular flexibility index (Phi) is 19.2. The lowest BCUT2D eigenvalue weighted by Gasteiger charge is -2.00. The third kappa shape index (κ3) is 15.8. The number of hydrogen-bond donors (Lipinski definition) is 0. The van der Waals surface area contributed by atoms with Gasteiger partial charge in [-0.2, -0.15) is 0 Å². The van der Waals surface area contributed by atoms with Crippen LogP contribution in [0.4, 0.5) is 0 Å². The molecule has 0 aromatic heterocycles. The summed E-state index contributed by atoms with van der Waals surface area (Å²) in [4.78, 5) is 42.8. The number of esters is 4. The molecule has 0 rings (SSSR count). The lowest BCUT2D eigenvalue weighted by Crippen LogP contribution is -2.14. The molecule has 0 amide bonds. The largest absolute Gasteiger partial charge is 0.390 e. The van der Waals surface area contributed by atoms with Crippen LogP contribution in [0.15, 0.2) is 25.3 Å². The minimum absolute atomic E-state index is 0.358. The Morgan fingerprint density at radius 2 is 1.00 bits per heavy atom. The first kappa shape index (κ1) is 22.9. The molecule has 0 saturated carbocycles. The highest BCUT2D eigenvalue weighted by molar-refractivity contribution is 5.94. The van der Waals surface area contributed by atoms with E-state index in [1.807, 2.05) is 27.7 Å². The highest BCUT2D eigenvalue weighted by Crippen LogP contribution is 1.97.